The summed E-state index contributed by atoms with van der Waals surface area (Å²) in [6, 6.07) is 12.9. The van der Waals surface area contributed by atoms with Gasteiger partial charge in [0.05, 0.1) is 5.52 Å². The number of nitrogens with one attached hydrogen (secondary N) is 1. The highest BCUT2D eigenvalue weighted by Crippen LogP contribution is 2.18. The van der Waals surface area contributed by atoms with Gasteiger partial charge in [-0.15, -0.1) is 0 Å². The third-order valence-corrected chi connectivity index (χ3v) is 4.23. The number of aryl methyl sites for hydroxylation is 2. The van der Waals surface area contributed by atoms with Crippen molar-refractivity contribution in [2.75, 3.05) is 5.32 Å². The fraction of sp³-hybridized carbons (Fsp3) is 0.211. The van der Waals surface area contributed by atoms with Crippen molar-refractivity contribution in [3.8, 4) is 0 Å². The zero-order valence-electron chi connectivity index (χ0n) is 14.0. The minimum Gasteiger partial charge on any atom is -0.320 e. The normalized spacial score (nSPS) is 10.8. The summed E-state index contributed by atoms with van der Waals surface area (Å²) in [5.74, 6) is -0.485. The first kappa shape index (κ1) is 15.9. The number of aromatic nitrogens is 2. The van der Waals surface area contributed by atoms with Crippen LogP contribution >= 0.6 is 0 Å². The average molecular weight is 321 g/mol. The molecule has 5 nitrogen and oxygen atoms in total. The van der Waals surface area contributed by atoms with Crippen LogP contribution in [0.4, 0.5) is 5.69 Å². The molecule has 0 unspecified atom stereocenters. The van der Waals surface area contributed by atoms with Gasteiger partial charge in [-0.1, -0.05) is 24.3 Å². The second-order valence-electron chi connectivity index (χ2n) is 5.71. The number of para-hydroxylation sites is 1. The van der Waals surface area contributed by atoms with Gasteiger partial charge in [0.25, 0.3) is 5.91 Å². The Morgan fingerprint density at radius 3 is 2.62 bits per heavy atom. The Morgan fingerprint density at radius 2 is 1.88 bits per heavy atom. The van der Waals surface area contributed by atoms with Crippen LogP contribution in [0.15, 0.2) is 47.3 Å². The molecule has 0 fully saturated rings. The Balaban J connectivity index is 2.09. The van der Waals surface area contributed by atoms with E-state index in [0.29, 0.717) is 17.6 Å². The molecule has 0 saturated carbocycles. The number of hydrogen-bond donors (Lipinski definition) is 1. The highest BCUT2D eigenvalue weighted by atomic mass is 16.2. The number of hydrogen-bond acceptors (Lipinski definition) is 3. The number of fused-ring (bicyclic) bond motifs is 1. The fourth-order valence-electron chi connectivity index (χ4n) is 2.70. The van der Waals surface area contributed by atoms with Crippen LogP contribution in [0.2, 0.25) is 0 Å². The Hall–Kier alpha value is -2.95. The van der Waals surface area contributed by atoms with Gasteiger partial charge in [0.2, 0.25) is 5.43 Å². The van der Waals surface area contributed by atoms with E-state index >= 15 is 0 Å². The number of nitrogens with zero attached hydrogens (tertiary/aromatic N) is 2. The molecule has 0 aliphatic heterocycles. The quantitative estimate of drug-likeness (QED) is 0.805. The van der Waals surface area contributed by atoms with Gasteiger partial charge < -0.3 is 5.32 Å². The number of amides is 1. The van der Waals surface area contributed by atoms with Crippen molar-refractivity contribution in [1.82, 2.24) is 9.78 Å². The molecule has 24 heavy (non-hydrogen) atoms. The Labute approximate surface area is 139 Å². The monoisotopic (exact) mass is 321 g/mol. The van der Waals surface area contributed by atoms with Gasteiger partial charge in [-0.2, -0.15) is 5.10 Å². The number of rotatable bonds is 3. The fourth-order valence-corrected chi connectivity index (χ4v) is 2.70. The van der Waals surface area contributed by atoms with Gasteiger partial charge in [0, 0.05) is 17.6 Å². The Bertz CT molecular complexity index is 990. The summed E-state index contributed by atoms with van der Waals surface area (Å²) in [5, 5.41) is 7.57. The second kappa shape index (κ2) is 6.28. The molecule has 0 atom stereocenters. The van der Waals surface area contributed by atoms with Crippen LogP contribution < -0.4 is 10.7 Å². The van der Waals surface area contributed by atoms with Crippen LogP contribution in [0.25, 0.3) is 10.9 Å². The Morgan fingerprint density at radius 1 is 1.12 bits per heavy atom. The SMILES string of the molecule is CCn1nc(C(=O)Nc2cccc(C)c2C)c(=O)c2ccccc21. The number of carbonyl (C=O) groups is 1. The molecule has 5 heteroatoms. The summed E-state index contributed by atoms with van der Waals surface area (Å²) in [6.45, 7) is 6.41. The van der Waals surface area contributed by atoms with Crippen molar-refractivity contribution in [3.05, 3.63) is 69.5 Å². The van der Waals surface area contributed by atoms with Crippen LogP contribution in [0.1, 0.15) is 28.5 Å². The highest BCUT2D eigenvalue weighted by molar-refractivity contribution is 6.04. The van der Waals surface area contributed by atoms with E-state index in [1.807, 2.05) is 51.1 Å². The molecule has 3 aromatic rings. The van der Waals surface area contributed by atoms with Gasteiger partial charge in [0.1, 0.15) is 0 Å². The molecule has 1 N–H and O–H groups in total. The van der Waals surface area contributed by atoms with Gasteiger partial charge in [-0.25, -0.2) is 0 Å². The van der Waals surface area contributed by atoms with Crippen LogP contribution in [0.3, 0.4) is 0 Å². The molecule has 0 radical (unpaired) electrons. The van der Waals surface area contributed by atoms with E-state index in [1.54, 1.807) is 16.8 Å². The summed E-state index contributed by atoms with van der Waals surface area (Å²) >= 11 is 0. The number of anilines is 1. The van der Waals surface area contributed by atoms with Crippen molar-refractivity contribution in [2.45, 2.75) is 27.3 Å². The molecule has 0 spiro atoms. The molecule has 2 aromatic carbocycles. The smallest absolute Gasteiger partial charge is 0.280 e. The molecule has 3 rings (SSSR count). The minimum atomic E-state index is -0.485. The van der Waals surface area contributed by atoms with Crippen LogP contribution in [0, 0.1) is 13.8 Å². The summed E-state index contributed by atoms with van der Waals surface area (Å²) in [7, 11) is 0. The lowest BCUT2D eigenvalue weighted by Gasteiger charge is -2.12. The summed E-state index contributed by atoms with van der Waals surface area (Å²) in [6.07, 6.45) is 0. The van der Waals surface area contributed by atoms with Crippen molar-refractivity contribution >= 4 is 22.5 Å². The highest BCUT2D eigenvalue weighted by Gasteiger charge is 2.17. The lowest BCUT2D eigenvalue weighted by atomic mass is 10.1. The molecule has 0 bridgehead atoms. The van der Waals surface area contributed by atoms with Crippen molar-refractivity contribution in [2.24, 2.45) is 0 Å². The van der Waals surface area contributed by atoms with Gasteiger partial charge in [-0.3, -0.25) is 14.3 Å². The van der Waals surface area contributed by atoms with Gasteiger partial charge in [0.15, 0.2) is 5.69 Å². The van der Waals surface area contributed by atoms with E-state index in [-0.39, 0.29) is 11.1 Å². The van der Waals surface area contributed by atoms with E-state index < -0.39 is 5.91 Å². The third kappa shape index (κ3) is 2.69. The molecule has 0 saturated heterocycles. The first-order valence-corrected chi connectivity index (χ1v) is 7.90. The lowest BCUT2D eigenvalue weighted by molar-refractivity contribution is 0.101. The van der Waals surface area contributed by atoms with E-state index in [1.165, 1.54) is 0 Å². The zero-order chi connectivity index (χ0) is 17.3. The number of benzene rings is 2. The van der Waals surface area contributed by atoms with Crippen LogP contribution in [-0.2, 0) is 6.54 Å². The van der Waals surface area contributed by atoms with E-state index in [9.17, 15) is 9.59 Å². The molecule has 0 aliphatic rings. The maximum Gasteiger partial charge on any atom is 0.280 e. The summed E-state index contributed by atoms with van der Waals surface area (Å²) in [5.41, 5.74) is 3.04. The Kier molecular flexibility index (Phi) is 4.16. The largest absolute Gasteiger partial charge is 0.320 e. The topological polar surface area (TPSA) is 64.0 Å². The molecular weight excluding hydrogens is 302 g/mol. The first-order valence-electron chi connectivity index (χ1n) is 7.90. The van der Waals surface area contributed by atoms with Crippen LogP contribution in [-0.4, -0.2) is 15.7 Å². The van der Waals surface area contributed by atoms with E-state index in [0.717, 1.165) is 16.6 Å². The van der Waals surface area contributed by atoms with E-state index in [4.69, 9.17) is 0 Å². The molecule has 1 amide bonds. The van der Waals surface area contributed by atoms with Crippen LogP contribution in [0.5, 0.6) is 0 Å². The molecular formula is C19H19N3O2. The summed E-state index contributed by atoms with van der Waals surface area (Å²) in [4.78, 5) is 25.3. The van der Waals surface area contributed by atoms with E-state index in [2.05, 4.69) is 10.4 Å². The van der Waals surface area contributed by atoms with Crippen molar-refractivity contribution in [1.29, 1.82) is 0 Å². The van der Waals surface area contributed by atoms with Crippen molar-refractivity contribution < 1.29 is 4.79 Å². The maximum absolute atomic E-state index is 12.6. The third-order valence-electron chi connectivity index (χ3n) is 4.23. The first-order chi connectivity index (χ1) is 11.5. The number of carbonyl (C=O) groups excluding carboxylic acids is 1. The molecule has 1 heterocycles. The minimum absolute atomic E-state index is 0.0866. The van der Waals surface area contributed by atoms with Gasteiger partial charge in [-0.05, 0) is 50.1 Å². The second-order valence-corrected chi connectivity index (χ2v) is 5.71. The standard InChI is InChI=1S/C19H19N3O2/c1-4-22-16-11-6-5-9-14(16)18(23)17(21-22)19(24)20-15-10-7-8-12(2)13(15)3/h5-11H,4H2,1-3H3,(H,20,24). The van der Waals surface area contributed by atoms with Gasteiger partial charge >= 0.3 is 0 Å². The molecule has 1 aromatic heterocycles. The lowest BCUT2D eigenvalue weighted by Crippen LogP contribution is -2.27. The molecule has 122 valence electrons. The molecule has 0 aliphatic carbocycles. The average Bonchev–Trinajstić information content (AvgIpc) is 2.59. The van der Waals surface area contributed by atoms with Crippen molar-refractivity contribution in [3.63, 3.8) is 0 Å². The maximum atomic E-state index is 12.6. The zero-order valence-corrected chi connectivity index (χ0v) is 14.0. The predicted octanol–water partition coefficient (Wildman–Crippen LogP) is 3.29. The predicted molar refractivity (Wildman–Crippen MR) is 95.5 cm³/mol. The summed E-state index contributed by atoms with van der Waals surface area (Å²) < 4.78 is 1.68.